The Bertz CT molecular complexity index is 519. The first-order valence-electron chi connectivity index (χ1n) is 10.9. The Balaban J connectivity index is 1.67. The first-order chi connectivity index (χ1) is 12.7. The zero-order valence-corrected chi connectivity index (χ0v) is 19.0. The molecule has 5 heteroatoms. The molecule has 2 fully saturated rings. The van der Waals surface area contributed by atoms with Gasteiger partial charge in [0.15, 0.2) is 14.6 Å². The van der Waals surface area contributed by atoms with Gasteiger partial charge in [0.1, 0.15) is 0 Å². The third-order valence-corrected chi connectivity index (χ3v) is 11.9. The van der Waals surface area contributed by atoms with Gasteiger partial charge < -0.3 is 19.0 Å². The van der Waals surface area contributed by atoms with E-state index in [4.69, 9.17) is 13.9 Å². The summed E-state index contributed by atoms with van der Waals surface area (Å²) in [6.07, 6.45) is 9.00. The zero-order valence-electron chi connectivity index (χ0n) is 18.0. The molecule has 0 aromatic carbocycles. The first-order valence-corrected chi connectivity index (χ1v) is 13.8. The van der Waals surface area contributed by atoms with E-state index in [1.54, 1.807) is 0 Å². The third kappa shape index (κ3) is 5.05. The molecule has 1 saturated heterocycles. The minimum atomic E-state index is -1.77. The van der Waals surface area contributed by atoms with Gasteiger partial charge in [0.2, 0.25) is 0 Å². The summed E-state index contributed by atoms with van der Waals surface area (Å²) in [5, 5.41) is 9.55. The molecule has 1 heterocycles. The summed E-state index contributed by atoms with van der Waals surface area (Å²) < 4.78 is 19.0. The SMILES string of the molecule is CC(C)(C)[Si](C)(C)OCC1C(OC2CCCCO2)CC2C=C(CCO)CC21. The fourth-order valence-electron chi connectivity index (χ4n) is 4.63. The Kier molecular flexibility index (Phi) is 6.90. The summed E-state index contributed by atoms with van der Waals surface area (Å²) in [6, 6.07) is 0. The summed E-state index contributed by atoms with van der Waals surface area (Å²) in [4.78, 5) is 0. The third-order valence-electron chi connectivity index (χ3n) is 7.37. The number of hydrogen-bond donors (Lipinski definition) is 1. The molecule has 5 unspecified atom stereocenters. The standard InChI is InChI=1S/C22H40O4Si/c1-22(2,3)27(4,5)25-15-19-18-13-16(9-10-23)12-17(18)14-20(19)26-21-8-6-7-11-24-21/h12,17-21,23H,6-11,13-15H2,1-5H3. The number of ether oxygens (including phenoxy) is 2. The van der Waals surface area contributed by atoms with Crippen molar-refractivity contribution in [2.75, 3.05) is 19.8 Å². The molecule has 156 valence electrons. The van der Waals surface area contributed by atoms with Gasteiger partial charge in [-0.05, 0) is 68.5 Å². The largest absolute Gasteiger partial charge is 0.416 e. The van der Waals surface area contributed by atoms with E-state index in [-0.39, 0.29) is 24.0 Å². The van der Waals surface area contributed by atoms with Crippen LogP contribution in [0.1, 0.15) is 59.3 Å². The lowest BCUT2D eigenvalue weighted by Gasteiger charge is -2.38. The lowest BCUT2D eigenvalue weighted by Crippen LogP contribution is -2.44. The summed E-state index contributed by atoms with van der Waals surface area (Å²) in [6.45, 7) is 13.5. The maximum Gasteiger partial charge on any atom is 0.191 e. The van der Waals surface area contributed by atoms with Crippen LogP contribution in [0.25, 0.3) is 0 Å². The van der Waals surface area contributed by atoms with Gasteiger partial charge in [0.05, 0.1) is 6.10 Å². The second-order valence-corrected chi connectivity index (χ2v) is 15.1. The van der Waals surface area contributed by atoms with Crippen LogP contribution in [-0.4, -0.2) is 45.6 Å². The molecule has 3 aliphatic rings. The number of rotatable bonds is 7. The summed E-state index contributed by atoms with van der Waals surface area (Å²) in [7, 11) is -1.77. The van der Waals surface area contributed by atoms with Gasteiger partial charge in [-0.2, -0.15) is 0 Å². The van der Waals surface area contributed by atoms with Gasteiger partial charge in [-0.25, -0.2) is 0 Å². The average Bonchev–Trinajstić information content (AvgIpc) is 3.10. The van der Waals surface area contributed by atoms with Crippen molar-refractivity contribution < 1.29 is 19.0 Å². The molecule has 1 saturated carbocycles. The van der Waals surface area contributed by atoms with E-state index in [9.17, 15) is 5.11 Å². The van der Waals surface area contributed by atoms with Crippen molar-refractivity contribution in [1.29, 1.82) is 0 Å². The quantitative estimate of drug-likeness (QED) is 0.492. The molecule has 0 radical (unpaired) electrons. The smallest absolute Gasteiger partial charge is 0.191 e. The van der Waals surface area contributed by atoms with E-state index in [1.165, 1.54) is 12.0 Å². The van der Waals surface area contributed by atoms with Crippen molar-refractivity contribution in [1.82, 2.24) is 0 Å². The van der Waals surface area contributed by atoms with E-state index >= 15 is 0 Å². The maximum absolute atomic E-state index is 9.32. The average molecular weight is 397 g/mol. The van der Waals surface area contributed by atoms with Crippen molar-refractivity contribution in [2.45, 2.75) is 89.8 Å². The fourth-order valence-corrected chi connectivity index (χ4v) is 5.67. The van der Waals surface area contributed by atoms with Gasteiger partial charge in [0, 0.05) is 25.7 Å². The predicted octanol–water partition coefficient (Wildman–Crippen LogP) is 4.88. The van der Waals surface area contributed by atoms with Gasteiger partial charge >= 0.3 is 0 Å². The van der Waals surface area contributed by atoms with Crippen LogP contribution in [0.15, 0.2) is 11.6 Å². The van der Waals surface area contributed by atoms with E-state index < -0.39 is 8.32 Å². The minimum Gasteiger partial charge on any atom is -0.416 e. The molecule has 0 aromatic heterocycles. The van der Waals surface area contributed by atoms with Crippen LogP contribution in [0.2, 0.25) is 18.1 Å². The van der Waals surface area contributed by atoms with Crippen molar-refractivity contribution in [3.8, 4) is 0 Å². The van der Waals surface area contributed by atoms with Crippen LogP contribution in [0.3, 0.4) is 0 Å². The van der Waals surface area contributed by atoms with Crippen molar-refractivity contribution in [3.05, 3.63) is 11.6 Å². The number of hydrogen-bond acceptors (Lipinski definition) is 4. The number of aliphatic hydroxyl groups excluding tert-OH is 1. The molecule has 0 aromatic rings. The Hall–Kier alpha value is -0.203. The van der Waals surface area contributed by atoms with Crippen LogP contribution in [-0.2, 0) is 13.9 Å². The molecule has 1 N–H and O–H groups in total. The minimum absolute atomic E-state index is 0.0289. The monoisotopic (exact) mass is 396 g/mol. The Morgan fingerprint density at radius 3 is 2.67 bits per heavy atom. The van der Waals surface area contributed by atoms with Crippen LogP contribution >= 0.6 is 0 Å². The summed E-state index contributed by atoms with van der Waals surface area (Å²) in [5.41, 5.74) is 1.43. The predicted molar refractivity (Wildman–Crippen MR) is 111 cm³/mol. The Morgan fingerprint density at radius 1 is 1.26 bits per heavy atom. The molecular formula is C22H40O4Si. The number of allylic oxidation sites excluding steroid dienone is 1. The van der Waals surface area contributed by atoms with Crippen LogP contribution < -0.4 is 0 Å². The highest BCUT2D eigenvalue weighted by atomic mass is 28.4. The molecule has 2 aliphatic carbocycles. The lowest BCUT2D eigenvalue weighted by atomic mass is 9.90. The van der Waals surface area contributed by atoms with Gasteiger partial charge in [-0.1, -0.05) is 32.4 Å². The Labute approximate surface area is 166 Å². The van der Waals surface area contributed by atoms with Crippen molar-refractivity contribution >= 4 is 8.32 Å². The van der Waals surface area contributed by atoms with E-state index in [2.05, 4.69) is 39.9 Å². The zero-order chi connectivity index (χ0) is 19.7. The van der Waals surface area contributed by atoms with Crippen LogP contribution in [0, 0.1) is 17.8 Å². The fraction of sp³-hybridized carbons (Fsp3) is 0.909. The van der Waals surface area contributed by atoms with E-state index in [0.717, 1.165) is 45.3 Å². The normalized spacial score (nSPS) is 34.6. The topological polar surface area (TPSA) is 47.9 Å². The Morgan fingerprint density at radius 2 is 2.04 bits per heavy atom. The highest BCUT2D eigenvalue weighted by Crippen LogP contribution is 2.49. The maximum atomic E-state index is 9.32. The second-order valence-electron chi connectivity index (χ2n) is 10.3. The van der Waals surface area contributed by atoms with Crippen LogP contribution in [0.5, 0.6) is 0 Å². The molecule has 0 spiro atoms. The number of aliphatic hydroxyl groups is 1. The molecule has 0 bridgehead atoms. The molecule has 1 aliphatic heterocycles. The van der Waals surface area contributed by atoms with Crippen molar-refractivity contribution in [3.63, 3.8) is 0 Å². The van der Waals surface area contributed by atoms with Crippen LogP contribution in [0.4, 0.5) is 0 Å². The van der Waals surface area contributed by atoms with E-state index in [0.29, 0.717) is 17.8 Å². The summed E-state index contributed by atoms with van der Waals surface area (Å²) >= 11 is 0. The molecular weight excluding hydrogens is 356 g/mol. The number of fused-ring (bicyclic) bond motifs is 1. The lowest BCUT2D eigenvalue weighted by molar-refractivity contribution is -0.197. The second kappa shape index (κ2) is 8.66. The molecule has 4 nitrogen and oxygen atoms in total. The molecule has 5 atom stereocenters. The van der Waals surface area contributed by atoms with Gasteiger partial charge in [-0.15, -0.1) is 0 Å². The van der Waals surface area contributed by atoms with E-state index in [1.807, 2.05) is 0 Å². The van der Waals surface area contributed by atoms with Gasteiger partial charge in [0.25, 0.3) is 0 Å². The molecule has 0 amide bonds. The summed E-state index contributed by atoms with van der Waals surface area (Å²) in [5.74, 6) is 1.61. The van der Waals surface area contributed by atoms with Crippen molar-refractivity contribution in [2.24, 2.45) is 17.8 Å². The van der Waals surface area contributed by atoms with Gasteiger partial charge in [-0.3, -0.25) is 0 Å². The first kappa shape index (κ1) is 21.5. The molecule has 3 rings (SSSR count). The highest BCUT2D eigenvalue weighted by molar-refractivity contribution is 6.74. The highest BCUT2D eigenvalue weighted by Gasteiger charge is 2.48. The molecule has 27 heavy (non-hydrogen) atoms.